The van der Waals surface area contributed by atoms with Crippen LogP contribution in [-0.2, 0) is 0 Å². The van der Waals surface area contributed by atoms with Gasteiger partial charge in [0.1, 0.15) is 5.75 Å². The van der Waals surface area contributed by atoms with E-state index in [2.05, 4.69) is 27.2 Å². The molecule has 0 unspecified atom stereocenters. The van der Waals surface area contributed by atoms with Gasteiger partial charge in [-0.1, -0.05) is 0 Å². The van der Waals surface area contributed by atoms with Crippen LogP contribution in [0, 0.1) is 0 Å². The quantitative estimate of drug-likeness (QED) is 0.919. The highest BCUT2D eigenvalue weighted by molar-refractivity contribution is 6.04. The number of nitrogens with one attached hydrogen (secondary N) is 1. The molecule has 3 heterocycles. The molecule has 3 aliphatic rings. The second-order valence-corrected chi connectivity index (χ2v) is 7.00. The van der Waals surface area contributed by atoms with Crippen LogP contribution in [0.25, 0.3) is 0 Å². The van der Waals surface area contributed by atoms with Crippen molar-refractivity contribution < 1.29 is 9.53 Å². The minimum Gasteiger partial charge on any atom is -0.497 e. The molecule has 0 spiro atoms. The van der Waals surface area contributed by atoms with Gasteiger partial charge < -0.3 is 19.9 Å². The molecule has 136 valence electrons. The second kappa shape index (κ2) is 7.38. The summed E-state index contributed by atoms with van der Waals surface area (Å²) in [5.74, 6) is 0.635. The van der Waals surface area contributed by atoms with Crippen molar-refractivity contribution in [2.24, 2.45) is 0 Å². The number of benzene rings is 2. The second-order valence-electron chi connectivity index (χ2n) is 7.00. The minimum absolute atomic E-state index is 0.110. The number of fused-ring (bicyclic) bond motifs is 4. The number of ether oxygens (including phenoxy) is 1. The van der Waals surface area contributed by atoms with Crippen LogP contribution in [0.3, 0.4) is 0 Å². The topological polar surface area (TPSA) is 44.8 Å². The number of piperidine rings is 1. The van der Waals surface area contributed by atoms with E-state index >= 15 is 0 Å². The number of hydrogen-bond acceptors (Lipinski definition) is 4. The molecular formula is C21H25N3O2. The lowest BCUT2D eigenvalue weighted by Crippen LogP contribution is -2.37. The number of hydrogen-bond donors (Lipinski definition) is 1. The standard InChI is InChI=1S/C21H25N3O2/c1-26-20-8-2-16(3-9-20)21(25)22-17-4-6-18(7-5-17)24-15-14-23-12-10-19(24)11-13-23/h2-9,19H,10-15H2,1H3,(H,22,25). The van der Waals surface area contributed by atoms with Crippen LogP contribution >= 0.6 is 0 Å². The van der Waals surface area contributed by atoms with Gasteiger partial charge in [-0.05, 0) is 61.4 Å². The summed E-state index contributed by atoms with van der Waals surface area (Å²) >= 11 is 0. The first-order chi connectivity index (χ1) is 12.7. The van der Waals surface area contributed by atoms with Crippen LogP contribution in [0.5, 0.6) is 5.75 Å². The Morgan fingerprint density at radius 3 is 2.31 bits per heavy atom. The molecule has 5 nitrogen and oxygen atoms in total. The monoisotopic (exact) mass is 351 g/mol. The number of carbonyl (C=O) groups excluding carboxylic acids is 1. The molecule has 0 saturated carbocycles. The van der Waals surface area contributed by atoms with Crippen molar-refractivity contribution in [3.05, 3.63) is 54.1 Å². The minimum atomic E-state index is -0.110. The van der Waals surface area contributed by atoms with E-state index in [1.54, 1.807) is 31.4 Å². The lowest BCUT2D eigenvalue weighted by atomic mass is 10.0. The number of nitrogens with zero attached hydrogens (tertiary/aromatic N) is 2. The predicted octanol–water partition coefficient (Wildman–Crippen LogP) is 3.23. The van der Waals surface area contributed by atoms with E-state index in [4.69, 9.17) is 4.74 Å². The first-order valence-corrected chi connectivity index (χ1v) is 9.27. The summed E-state index contributed by atoms with van der Waals surface area (Å²) in [4.78, 5) is 17.5. The Morgan fingerprint density at radius 1 is 0.962 bits per heavy atom. The molecule has 5 rings (SSSR count). The van der Waals surface area contributed by atoms with Gasteiger partial charge >= 0.3 is 0 Å². The zero-order chi connectivity index (χ0) is 17.9. The molecule has 2 aromatic carbocycles. The van der Waals surface area contributed by atoms with Crippen molar-refractivity contribution in [1.29, 1.82) is 0 Å². The molecule has 3 aliphatic heterocycles. The summed E-state index contributed by atoms with van der Waals surface area (Å²) < 4.78 is 5.13. The fourth-order valence-electron chi connectivity index (χ4n) is 3.91. The molecule has 0 atom stereocenters. The summed E-state index contributed by atoms with van der Waals surface area (Å²) in [6.07, 6.45) is 2.49. The van der Waals surface area contributed by atoms with Crippen LogP contribution in [0.1, 0.15) is 23.2 Å². The molecule has 1 N–H and O–H groups in total. The molecule has 26 heavy (non-hydrogen) atoms. The van der Waals surface area contributed by atoms with E-state index < -0.39 is 0 Å². The van der Waals surface area contributed by atoms with Gasteiger partial charge in [0.2, 0.25) is 0 Å². The molecule has 0 aliphatic carbocycles. The first-order valence-electron chi connectivity index (χ1n) is 9.27. The predicted molar refractivity (Wildman–Crippen MR) is 104 cm³/mol. The Labute approximate surface area is 154 Å². The van der Waals surface area contributed by atoms with Gasteiger partial charge in [-0.25, -0.2) is 0 Å². The van der Waals surface area contributed by atoms with Gasteiger partial charge in [-0.3, -0.25) is 4.79 Å². The van der Waals surface area contributed by atoms with E-state index in [9.17, 15) is 4.79 Å². The summed E-state index contributed by atoms with van der Waals surface area (Å²) in [6.45, 7) is 4.67. The zero-order valence-electron chi connectivity index (χ0n) is 15.1. The Morgan fingerprint density at radius 2 is 1.65 bits per heavy atom. The van der Waals surface area contributed by atoms with E-state index in [0.717, 1.165) is 24.5 Å². The smallest absolute Gasteiger partial charge is 0.255 e. The van der Waals surface area contributed by atoms with E-state index in [1.807, 2.05) is 12.1 Å². The van der Waals surface area contributed by atoms with Crippen molar-refractivity contribution in [2.75, 3.05) is 43.5 Å². The fraction of sp³-hybridized carbons (Fsp3) is 0.381. The lowest BCUT2D eigenvalue weighted by Gasteiger charge is -2.33. The highest BCUT2D eigenvalue weighted by Crippen LogP contribution is 2.27. The van der Waals surface area contributed by atoms with Crippen LogP contribution in [0.4, 0.5) is 11.4 Å². The third kappa shape index (κ3) is 3.53. The van der Waals surface area contributed by atoms with Crippen molar-refractivity contribution in [1.82, 2.24) is 4.90 Å². The zero-order valence-corrected chi connectivity index (χ0v) is 15.1. The summed E-state index contributed by atoms with van der Waals surface area (Å²) in [5, 5.41) is 2.97. The number of amides is 1. The van der Waals surface area contributed by atoms with Crippen molar-refractivity contribution in [2.45, 2.75) is 18.9 Å². The van der Waals surface area contributed by atoms with Crippen molar-refractivity contribution >= 4 is 17.3 Å². The highest BCUT2D eigenvalue weighted by atomic mass is 16.5. The van der Waals surface area contributed by atoms with E-state index in [-0.39, 0.29) is 5.91 Å². The van der Waals surface area contributed by atoms with Gasteiger partial charge in [0.15, 0.2) is 0 Å². The van der Waals surface area contributed by atoms with Gasteiger partial charge in [0, 0.05) is 49.2 Å². The Hall–Kier alpha value is -2.53. The Kier molecular flexibility index (Phi) is 4.80. The first kappa shape index (κ1) is 16.9. The summed E-state index contributed by atoms with van der Waals surface area (Å²) in [7, 11) is 1.62. The molecule has 3 fully saturated rings. The largest absolute Gasteiger partial charge is 0.497 e. The van der Waals surface area contributed by atoms with Crippen LogP contribution < -0.4 is 15.0 Å². The molecule has 3 saturated heterocycles. The van der Waals surface area contributed by atoms with Crippen LogP contribution in [-0.4, -0.2) is 50.1 Å². The maximum atomic E-state index is 12.4. The molecule has 0 aromatic heterocycles. The highest BCUT2D eigenvalue weighted by Gasteiger charge is 2.28. The maximum absolute atomic E-state index is 12.4. The average Bonchev–Trinajstić information content (AvgIpc) is 3.02. The third-order valence-electron chi connectivity index (χ3n) is 5.46. The third-order valence-corrected chi connectivity index (χ3v) is 5.46. The number of carbonyl (C=O) groups is 1. The maximum Gasteiger partial charge on any atom is 0.255 e. The molecule has 0 radical (unpaired) electrons. The normalized spacial score (nSPS) is 22.0. The SMILES string of the molecule is COc1ccc(C(=O)Nc2ccc(N3CCN4CCC3CC4)cc2)cc1. The average molecular weight is 351 g/mol. The summed E-state index contributed by atoms with van der Waals surface area (Å²) in [5.41, 5.74) is 2.69. The molecule has 2 bridgehead atoms. The van der Waals surface area contributed by atoms with Crippen molar-refractivity contribution in [3.63, 3.8) is 0 Å². The van der Waals surface area contributed by atoms with E-state index in [0.29, 0.717) is 11.6 Å². The summed E-state index contributed by atoms with van der Waals surface area (Å²) in [6, 6.07) is 16.0. The van der Waals surface area contributed by atoms with Gasteiger partial charge in [0.25, 0.3) is 5.91 Å². The molecule has 1 amide bonds. The van der Waals surface area contributed by atoms with Crippen LogP contribution in [0.15, 0.2) is 48.5 Å². The van der Waals surface area contributed by atoms with Gasteiger partial charge in [0.05, 0.1) is 7.11 Å². The van der Waals surface area contributed by atoms with Crippen molar-refractivity contribution in [3.8, 4) is 5.75 Å². The molecular weight excluding hydrogens is 326 g/mol. The number of rotatable bonds is 4. The Balaban J connectivity index is 1.43. The molecule has 2 aromatic rings. The number of methoxy groups -OCH3 is 1. The fourth-order valence-corrected chi connectivity index (χ4v) is 3.91. The number of anilines is 2. The lowest BCUT2D eigenvalue weighted by molar-refractivity contribution is 0.102. The van der Waals surface area contributed by atoms with Gasteiger partial charge in [-0.2, -0.15) is 0 Å². The Bertz CT molecular complexity index is 750. The van der Waals surface area contributed by atoms with Gasteiger partial charge in [-0.15, -0.1) is 0 Å². The van der Waals surface area contributed by atoms with E-state index in [1.165, 1.54) is 31.6 Å². The van der Waals surface area contributed by atoms with Crippen LogP contribution in [0.2, 0.25) is 0 Å². The molecule has 5 heteroatoms.